The molecule has 0 aromatic heterocycles. The van der Waals surface area contributed by atoms with Crippen molar-refractivity contribution in [3.05, 3.63) is 35.1 Å². The maximum atomic E-state index is 12.8. The first kappa shape index (κ1) is 31.5. The van der Waals surface area contributed by atoms with E-state index in [2.05, 4.69) is 19.2 Å². The zero-order chi connectivity index (χ0) is 20.7. The van der Waals surface area contributed by atoms with Gasteiger partial charge in [0.15, 0.2) is 6.29 Å². The molecule has 150 valence electrons. The van der Waals surface area contributed by atoms with Crippen molar-refractivity contribution in [1.29, 1.82) is 0 Å². The van der Waals surface area contributed by atoms with Crippen molar-refractivity contribution in [1.82, 2.24) is 10.2 Å². The first-order chi connectivity index (χ1) is 11.9. The lowest BCUT2D eigenvalue weighted by Gasteiger charge is -1.95. The van der Waals surface area contributed by atoms with Crippen molar-refractivity contribution >= 4 is 6.29 Å². The molecular weight excluding hydrogens is 315 g/mol. The number of aldehydes is 1. The van der Waals surface area contributed by atoms with Crippen LogP contribution in [-0.4, -0.2) is 45.4 Å². The topological polar surface area (TPSA) is 32.3 Å². The van der Waals surface area contributed by atoms with E-state index in [1.807, 2.05) is 53.7 Å². The van der Waals surface area contributed by atoms with E-state index in [1.54, 1.807) is 19.1 Å². The predicted octanol–water partition coefficient (Wildman–Crippen LogP) is 5.57. The molecule has 0 radical (unpaired) electrons. The van der Waals surface area contributed by atoms with E-state index in [0.29, 0.717) is 11.8 Å². The zero-order valence-corrected chi connectivity index (χ0v) is 18.4. The Morgan fingerprint density at radius 3 is 1.68 bits per heavy atom. The average molecular weight is 359 g/mol. The number of benzene rings is 1. The van der Waals surface area contributed by atoms with E-state index >= 15 is 0 Å². The van der Waals surface area contributed by atoms with Crippen LogP contribution in [0.25, 0.3) is 0 Å². The van der Waals surface area contributed by atoms with Crippen molar-refractivity contribution < 1.29 is 9.18 Å². The Morgan fingerprint density at radius 2 is 1.40 bits per heavy atom. The standard InChI is InChI=1S/C8H7FO.C6H15N.C3H9N.2C2H6/c1-6-3-2-4-7(5-10)8(6)9;1-3-5-7-6-4-2;1-4(2)3;2*1-2/h2-5H,1H3;7H,3-6H2,1-2H3;1-3H3;2*1-2H3. The van der Waals surface area contributed by atoms with Gasteiger partial charge in [-0.25, -0.2) is 4.39 Å². The summed E-state index contributed by atoms with van der Waals surface area (Å²) in [4.78, 5) is 12.1. The number of carbonyl (C=O) groups excluding carboxylic acids is 1. The third-order valence-electron chi connectivity index (χ3n) is 2.20. The van der Waals surface area contributed by atoms with Crippen LogP contribution in [0, 0.1) is 12.7 Å². The van der Waals surface area contributed by atoms with E-state index in [1.165, 1.54) is 32.0 Å². The summed E-state index contributed by atoms with van der Waals surface area (Å²) in [5.74, 6) is -0.419. The molecule has 0 fully saturated rings. The largest absolute Gasteiger partial charge is 0.317 e. The Labute approximate surface area is 157 Å². The molecule has 4 heteroatoms. The molecule has 0 aliphatic heterocycles. The van der Waals surface area contributed by atoms with Crippen molar-refractivity contribution in [2.24, 2.45) is 0 Å². The first-order valence-corrected chi connectivity index (χ1v) is 9.42. The second kappa shape index (κ2) is 27.6. The Morgan fingerprint density at radius 1 is 1.00 bits per heavy atom. The quantitative estimate of drug-likeness (QED) is 0.551. The molecule has 0 amide bonds. The summed E-state index contributed by atoms with van der Waals surface area (Å²) >= 11 is 0. The third-order valence-corrected chi connectivity index (χ3v) is 2.20. The van der Waals surface area contributed by atoms with E-state index < -0.39 is 5.82 Å². The summed E-state index contributed by atoms with van der Waals surface area (Å²) in [7, 11) is 6.00. The number of hydrogen-bond acceptors (Lipinski definition) is 3. The number of nitrogens with one attached hydrogen (secondary N) is 1. The Hall–Kier alpha value is -1.26. The van der Waals surface area contributed by atoms with Crippen LogP contribution in [0.5, 0.6) is 0 Å². The number of rotatable bonds is 5. The molecule has 1 N–H and O–H groups in total. The number of carbonyl (C=O) groups is 1. The molecule has 1 rings (SSSR count). The van der Waals surface area contributed by atoms with Crippen molar-refractivity contribution in [2.75, 3.05) is 34.2 Å². The van der Waals surface area contributed by atoms with Gasteiger partial charge < -0.3 is 10.2 Å². The van der Waals surface area contributed by atoms with E-state index in [4.69, 9.17) is 0 Å². The van der Waals surface area contributed by atoms with Crippen LogP contribution in [-0.2, 0) is 0 Å². The fraction of sp³-hybridized carbons (Fsp3) is 0.667. The van der Waals surface area contributed by atoms with Crippen LogP contribution >= 0.6 is 0 Å². The minimum absolute atomic E-state index is 0.125. The molecule has 0 bridgehead atoms. The van der Waals surface area contributed by atoms with E-state index in [-0.39, 0.29) is 5.56 Å². The second-order valence-electron chi connectivity index (χ2n) is 5.19. The van der Waals surface area contributed by atoms with Gasteiger partial charge in [0, 0.05) is 0 Å². The van der Waals surface area contributed by atoms with E-state index in [9.17, 15) is 9.18 Å². The fourth-order valence-electron chi connectivity index (χ4n) is 1.24. The molecule has 1 aromatic carbocycles. The number of aryl methyl sites for hydroxylation is 1. The highest BCUT2D eigenvalue weighted by Gasteiger charge is 2.00. The predicted molar refractivity (Wildman–Crippen MR) is 112 cm³/mol. The Bertz CT molecular complexity index is 362. The Balaban J connectivity index is -0.000000129. The molecule has 0 aliphatic carbocycles. The summed E-state index contributed by atoms with van der Waals surface area (Å²) < 4.78 is 12.8. The SMILES string of the molecule is CC.CC.CCCNCCC.CN(C)C.Cc1cccc(C=O)c1F. The molecule has 0 saturated carbocycles. The molecule has 0 atom stereocenters. The van der Waals surface area contributed by atoms with Crippen LogP contribution in [0.2, 0.25) is 0 Å². The maximum Gasteiger partial charge on any atom is 0.153 e. The normalized spacial score (nSPS) is 8.32. The smallest absolute Gasteiger partial charge is 0.153 e. The van der Waals surface area contributed by atoms with Gasteiger partial charge in [0.1, 0.15) is 5.82 Å². The van der Waals surface area contributed by atoms with Gasteiger partial charge in [0.2, 0.25) is 0 Å². The first-order valence-electron chi connectivity index (χ1n) is 9.42. The highest BCUT2D eigenvalue weighted by atomic mass is 19.1. The van der Waals surface area contributed by atoms with Crippen molar-refractivity contribution in [3.63, 3.8) is 0 Å². The van der Waals surface area contributed by atoms with Gasteiger partial charge in [0.25, 0.3) is 0 Å². The van der Waals surface area contributed by atoms with Crippen molar-refractivity contribution in [3.8, 4) is 0 Å². The van der Waals surface area contributed by atoms with Crippen LogP contribution in [0.3, 0.4) is 0 Å². The zero-order valence-electron chi connectivity index (χ0n) is 18.4. The van der Waals surface area contributed by atoms with Gasteiger partial charge in [-0.15, -0.1) is 0 Å². The van der Waals surface area contributed by atoms with Crippen LogP contribution in [0.4, 0.5) is 4.39 Å². The van der Waals surface area contributed by atoms with Crippen LogP contribution in [0.1, 0.15) is 70.3 Å². The molecular formula is C21H43FN2O. The lowest BCUT2D eigenvalue weighted by atomic mass is 10.1. The van der Waals surface area contributed by atoms with Gasteiger partial charge in [0.05, 0.1) is 5.56 Å². The molecule has 0 unspecified atom stereocenters. The number of nitrogens with zero attached hydrogens (tertiary/aromatic N) is 1. The minimum atomic E-state index is -0.419. The average Bonchev–Trinajstić information content (AvgIpc) is 2.61. The van der Waals surface area contributed by atoms with Gasteiger partial charge in [-0.1, -0.05) is 53.7 Å². The van der Waals surface area contributed by atoms with Gasteiger partial charge in [-0.2, -0.15) is 0 Å². The molecule has 3 nitrogen and oxygen atoms in total. The van der Waals surface area contributed by atoms with Gasteiger partial charge in [-0.3, -0.25) is 4.79 Å². The molecule has 0 heterocycles. The highest BCUT2D eigenvalue weighted by Crippen LogP contribution is 2.08. The minimum Gasteiger partial charge on any atom is -0.317 e. The van der Waals surface area contributed by atoms with Gasteiger partial charge in [-0.05, 0) is 65.6 Å². The number of halogens is 1. The lowest BCUT2D eigenvalue weighted by Crippen LogP contribution is -2.14. The summed E-state index contributed by atoms with van der Waals surface area (Å²) in [6.45, 7) is 16.3. The molecule has 25 heavy (non-hydrogen) atoms. The monoisotopic (exact) mass is 358 g/mol. The molecule has 0 spiro atoms. The summed E-state index contributed by atoms with van der Waals surface area (Å²) in [6, 6.07) is 4.74. The van der Waals surface area contributed by atoms with Crippen LogP contribution in [0.15, 0.2) is 18.2 Å². The fourth-order valence-corrected chi connectivity index (χ4v) is 1.24. The third kappa shape index (κ3) is 27.9. The number of hydrogen-bond donors (Lipinski definition) is 1. The lowest BCUT2D eigenvalue weighted by molar-refractivity contribution is 0.111. The summed E-state index contributed by atoms with van der Waals surface area (Å²) in [5, 5.41) is 3.28. The molecule has 0 aliphatic rings. The molecule has 1 aromatic rings. The van der Waals surface area contributed by atoms with Gasteiger partial charge >= 0.3 is 0 Å². The van der Waals surface area contributed by atoms with Crippen molar-refractivity contribution in [2.45, 2.75) is 61.3 Å². The Kier molecular flexibility index (Phi) is 34.8. The second-order valence-corrected chi connectivity index (χ2v) is 5.19. The summed E-state index contributed by atoms with van der Waals surface area (Å²) in [6.07, 6.45) is 3.02. The summed E-state index contributed by atoms with van der Waals surface area (Å²) in [5.41, 5.74) is 0.629. The molecule has 0 saturated heterocycles. The van der Waals surface area contributed by atoms with E-state index in [0.717, 1.165) is 0 Å². The van der Waals surface area contributed by atoms with Crippen LogP contribution < -0.4 is 5.32 Å². The maximum absolute atomic E-state index is 12.8. The highest BCUT2D eigenvalue weighted by molar-refractivity contribution is 5.75.